The van der Waals surface area contributed by atoms with E-state index in [0.717, 1.165) is 101 Å². The van der Waals surface area contributed by atoms with Crippen molar-refractivity contribution >= 4 is 167 Å². The second kappa shape index (κ2) is 42.5. The maximum atomic E-state index is 12.2. The van der Waals surface area contributed by atoms with Gasteiger partial charge in [-0.15, -0.1) is 0 Å². The normalized spacial score (nSPS) is 15.4. The number of aromatic nitrogens is 1. The number of aliphatic hydroxyl groups excluding tert-OH is 1. The SMILES string of the molecule is CCCCN1/C(=C/C=C2\CCC(=CC=C3N(CCCOC)c4ccc(C)cc4C3(C)C)C2=[N+](c2ccccc2)c2ccccc2)C(C)(C)c2cc(C)ccc21.CN(C)c1cc[nH+]cc1.CO.O=S(=O)([N-]S(=O)(=O)c1cc(Cl)c(Cl)cc1Cl)c1ccc(Cl)cc1.O=S(=O)([N-]S(=O)(=O)c1cc(Cl)c(Cl)cc1Cl)c1ccc(Cl)cc1.[Na+].[OH-]. The molecule has 1 aromatic heterocycles. The Morgan fingerprint density at radius 3 is 1.22 bits per heavy atom. The number of sulfonamides is 4. The molecular formula is C83H88Cl8N7NaO11S4. The molecule has 1 fully saturated rings. The van der Waals surface area contributed by atoms with Crippen molar-refractivity contribution in [3.05, 3.63) is 312 Å². The maximum absolute atomic E-state index is 12.2. The summed E-state index contributed by atoms with van der Waals surface area (Å²) in [7, 11) is -11.3. The van der Waals surface area contributed by atoms with E-state index in [1.54, 1.807) is 7.11 Å². The molecule has 8 aromatic carbocycles. The number of pyridine rings is 1. The van der Waals surface area contributed by atoms with Gasteiger partial charge in [0.25, 0.3) is 0 Å². The zero-order valence-corrected chi connectivity index (χ0v) is 76.2. The van der Waals surface area contributed by atoms with Gasteiger partial charge >= 0.3 is 29.6 Å². The van der Waals surface area contributed by atoms with Crippen LogP contribution >= 0.6 is 92.8 Å². The number of benzene rings is 8. The number of aliphatic hydroxyl groups is 1. The Kier molecular flexibility index (Phi) is 36.0. The van der Waals surface area contributed by atoms with Crippen LogP contribution in [0.5, 0.6) is 0 Å². The number of hydrogen-bond donors (Lipinski definition) is 1. The van der Waals surface area contributed by atoms with E-state index in [0.29, 0.717) is 10.0 Å². The number of allylic oxidation sites excluding steroid dienone is 8. The van der Waals surface area contributed by atoms with Gasteiger partial charge in [0.15, 0.2) is 12.4 Å². The van der Waals surface area contributed by atoms with Gasteiger partial charge in [-0.2, -0.15) is 4.58 Å². The molecule has 18 nitrogen and oxygen atoms in total. The molecular weight excluding hydrogens is 1710 g/mol. The fourth-order valence-corrected chi connectivity index (χ4v) is 20.3. The summed E-state index contributed by atoms with van der Waals surface area (Å²) in [5.41, 5.74) is 18.2. The van der Waals surface area contributed by atoms with Crippen molar-refractivity contribution in [2.24, 2.45) is 0 Å². The molecule has 12 rings (SSSR count). The van der Waals surface area contributed by atoms with Crippen LogP contribution in [0.2, 0.25) is 40.2 Å². The number of nitrogens with zero attached hydrogens (tertiary/aromatic N) is 6. The molecule has 31 heteroatoms. The van der Waals surface area contributed by atoms with E-state index >= 15 is 0 Å². The van der Waals surface area contributed by atoms with Gasteiger partial charge in [-0.1, -0.05) is 218 Å². The van der Waals surface area contributed by atoms with E-state index < -0.39 is 49.9 Å². The van der Waals surface area contributed by atoms with Crippen LogP contribution in [0.4, 0.5) is 28.4 Å². The average Bonchev–Trinajstić information content (AvgIpc) is 1.62. The first-order chi connectivity index (χ1) is 52.9. The van der Waals surface area contributed by atoms with E-state index in [1.807, 2.05) is 38.6 Å². The van der Waals surface area contributed by atoms with Gasteiger partial charge in [0.05, 0.1) is 39.9 Å². The number of ether oxygens (including phenoxy) is 1. The summed E-state index contributed by atoms with van der Waals surface area (Å²) in [5.74, 6) is 0. The van der Waals surface area contributed by atoms with Crippen LogP contribution in [0.3, 0.4) is 0 Å². The Morgan fingerprint density at radius 1 is 0.500 bits per heavy atom. The molecule has 3 aliphatic rings. The van der Waals surface area contributed by atoms with Crippen LogP contribution < -0.4 is 53.8 Å². The minimum absolute atomic E-state index is 0. The molecule has 0 amide bonds. The van der Waals surface area contributed by atoms with E-state index in [9.17, 15) is 33.7 Å². The molecule has 2 aliphatic heterocycles. The van der Waals surface area contributed by atoms with Gasteiger partial charge in [-0.25, -0.2) is 38.7 Å². The molecule has 602 valence electrons. The number of H-pyrrole nitrogens is 1. The number of para-hydroxylation sites is 2. The van der Waals surface area contributed by atoms with Crippen molar-refractivity contribution in [3.63, 3.8) is 0 Å². The fraction of sp³-hybridized carbons (Fsp3) is 0.253. The van der Waals surface area contributed by atoms with E-state index in [4.69, 9.17) is 103 Å². The van der Waals surface area contributed by atoms with Crippen LogP contribution in [-0.2, 0) is 55.7 Å². The summed E-state index contributed by atoms with van der Waals surface area (Å²) in [5, 5.41) is 6.83. The van der Waals surface area contributed by atoms with Gasteiger partial charge in [0.1, 0.15) is 40.1 Å². The van der Waals surface area contributed by atoms with Gasteiger partial charge in [0.2, 0.25) is 17.1 Å². The number of anilines is 3. The van der Waals surface area contributed by atoms with Crippen LogP contribution in [0.25, 0.3) is 8.25 Å². The summed E-state index contributed by atoms with van der Waals surface area (Å²) < 4.78 is 111. The number of unbranched alkanes of at least 4 members (excludes halogenated alkanes) is 1. The Hall–Kier alpha value is -6.14. The Balaban J connectivity index is 0.000000282. The van der Waals surface area contributed by atoms with Crippen LogP contribution in [0.1, 0.15) is 89.0 Å². The molecule has 0 atom stereocenters. The van der Waals surface area contributed by atoms with Crippen molar-refractivity contribution in [2.45, 2.75) is 111 Å². The molecule has 1 aliphatic carbocycles. The third-order valence-corrected chi connectivity index (χ3v) is 27.8. The zero-order chi connectivity index (χ0) is 82.3. The molecule has 9 aromatic rings. The van der Waals surface area contributed by atoms with Gasteiger partial charge in [-0.05, 0) is 148 Å². The third kappa shape index (κ3) is 24.1. The predicted molar refractivity (Wildman–Crippen MR) is 464 cm³/mol. The van der Waals surface area contributed by atoms with Gasteiger partial charge < -0.3 is 38.3 Å². The third-order valence-electron chi connectivity index (χ3n) is 18.3. The van der Waals surface area contributed by atoms with Crippen LogP contribution in [0.15, 0.2) is 261 Å². The summed E-state index contributed by atoms with van der Waals surface area (Å²) >= 11 is 45.8. The number of aryl methyl sites for hydroxylation is 2. The summed E-state index contributed by atoms with van der Waals surface area (Å²) in [6.07, 6.45) is 18.8. The van der Waals surface area contributed by atoms with Crippen molar-refractivity contribution in [2.75, 3.05) is 62.7 Å². The monoisotopic (exact) mass is 1790 g/mol. The minimum Gasteiger partial charge on any atom is -0.870 e. The largest absolute Gasteiger partial charge is 1.00 e. The Bertz CT molecular complexity index is 5300. The predicted octanol–water partition coefficient (Wildman–Crippen LogP) is 18.9. The van der Waals surface area contributed by atoms with Crippen molar-refractivity contribution in [3.8, 4) is 0 Å². The number of halogens is 8. The van der Waals surface area contributed by atoms with Crippen LogP contribution in [-0.4, -0.2) is 98.0 Å². The minimum atomic E-state index is -4.62. The first-order valence-electron chi connectivity index (χ1n) is 35.2. The Morgan fingerprint density at radius 2 is 0.868 bits per heavy atom. The summed E-state index contributed by atoms with van der Waals surface area (Å²) in [6, 6.07) is 53.6. The standard InChI is InChI=1S/C51H60N3O.2C12H6Cl4NO4S2.C7H10N2.CH4O.Na.H2O/c1-9-10-32-52-45-28-22-37(2)35-43(45)50(4,5)47(52)30-26-39-24-25-40(49(39)54(41-18-13-11-14-19-41)42-20-15-12-16-21-42)27-31-48-51(6,7)44-36-38(3)23-29-46(44)53(48)33-17-34-55-8;2*13-7-1-3-8(4-2-7)22(18,19)17-23(20,21)12-6-10(15)9(14)5-11(12)16;1-9(2)7-3-5-8-6-4-7;1-2;;/h11-16,18-23,26-31,35-36H,9-10,17,24-25,32-34H2,1-8H3;2*1-6H;3-6H,1-2H3;2H,1H3;;1H2/q+1;2*-1;;;+1;. The van der Waals surface area contributed by atoms with Crippen molar-refractivity contribution in [1.29, 1.82) is 0 Å². The molecule has 0 radical (unpaired) electrons. The van der Waals surface area contributed by atoms with Gasteiger partial charge in [-0.3, -0.25) is 0 Å². The number of methoxy groups -OCH3 is 1. The molecule has 0 saturated heterocycles. The molecule has 0 bridgehead atoms. The first kappa shape index (κ1) is 96.7. The number of aromatic amines is 1. The van der Waals surface area contributed by atoms with Crippen molar-refractivity contribution < 1.29 is 83.5 Å². The Labute approximate surface area is 733 Å². The molecule has 3 N–H and O–H groups in total. The zero-order valence-electron chi connectivity index (χ0n) is 64.9. The maximum Gasteiger partial charge on any atom is 1.00 e. The number of hydrogen-bond acceptors (Lipinski definition) is 14. The average molecular weight is 1790 g/mol. The molecule has 114 heavy (non-hydrogen) atoms. The molecule has 1 saturated carbocycles. The van der Waals surface area contributed by atoms with E-state index in [2.05, 4.69) is 202 Å². The second-order valence-electron chi connectivity index (χ2n) is 27.1. The van der Waals surface area contributed by atoms with Crippen molar-refractivity contribution in [1.82, 2.24) is 4.58 Å². The quantitative estimate of drug-likeness (QED) is 0.0322. The molecule has 3 heterocycles. The number of rotatable bonds is 20. The summed E-state index contributed by atoms with van der Waals surface area (Å²) in [4.78, 5) is 8.37. The molecule has 0 unspecified atom stereocenters. The van der Waals surface area contributed by atoms with E-state index in [1.165, 1.54) is 110 Å². The molecule has 0 spiro atoms. The summed E-state index contributed by atoms with van der Waals surface area (Å²) in [6.45, 7) is 19.0. The van der Waals surface area contributed by atoms with E-state index in [-0.39, 0.29) is 85.8 Å². The first-order valence-corrected chi connectivity index (χ1v) is 43.9. The number of fused-ring (bicyclic) bond motifs is 2. The second-order valence-corrected chi connectivity index (χ2v) is 37.3. The smallest absolute Gasteiger partial charge is 0.870 e. The van der Waals surface area contributed by atoms with Crippen LogP contribution in [0, 0.1) is 13.8 Å². The fourth-order valence-electron chi connectivity index (χ4n) is 12.7. The van der Waals surface area contributed by atoms with Gasteiger partial charge in [0, 0.05) is 155 Å². The topological polar surface area (TPSA) is 251 Å². The number of nitrogens with one attached hydrogen (secondary N) is 1.